The molecular formula is C14H22N2O3. The second kappa shape index (κ2) is 6.98. The summed E-state index contributed by atoms with van der Waals surface area (Å²) in [6.45, 7) is 2.98. The lowest BCUT2D eigenvalue weighted by Gasteiger charge is -2.35. The van der Waals surface area contributed by atoms with Gasteiger partial charge in [0.25, 0.3) is 0 Å². The van der Waals surface area contributed by atoms with Crippen molar-refractivity contribution in [2.75, 3.05) is 32.9 Å². The number of β-amino-alcohol motifs (C(OH)–C–C–N with tert-alkyl or cyclic N) is 1. The van der Waals surface area contributed by atoms with E-state index in [1.54, 1.807) is 0 Å². The van der Waals surface area contributed by atoms with Crippen molar-refractivity contribution in [3.63, 3.8) is 0 Å². The topological polar surface area (TPSA) is 79.0 Å². The lowest BCUT2D eigenvalue weighted by molar-refractivity contribution is -0.0437. The molecule has 1 fully saturated rings. The number of hydrogen-bond donors (Lipinski definition) is 3. The van der Waals surface area contributed by atoms with Crippen LogP contribution < -0.4 is 5.73 Å². The van der Waals surface area contributed by atoms with Crippen molar-refractivity contribution in [1.29, 1.82) is 0 Å². The van der Waals surface area contributed by atoms with E-state index in [0.29, 0.717) is 26.3 Å². The maximum atomic E-state index is 10.3. The Labute approximate surface area is 113 Å². The second-order valence-corrected chi connectivity index (χ2v) is 4.87. The quantitative estimate of drug-likeness (QED) is 0.692. The summed E-state index contributed by atoms with van der Waals surface area (Å²) in [7, 11) is 0. The molecule has 0 aliphatic carbocycles. The average molecular weight is 266 g/mol. The predicted octanol–water partition coefficient (Wildman–Crippen LogP) is -0.128. The molecule has 0 spiro atoms. The molecule has 1 aromatic rings. The Morgan fingerprint density at radius 1 is 1.37 bits per heavy atom. The standard InChI is InChI=1S/C14H22N2O3/c15-7-11-1-3-12(4-2-11)14(18)8-16-5-6-19-10-13(16)9-17/h1-4,13-14,17-18H,5-10,15H2. The first-order valence-electron chi connectivity index (χ1n) is 6.64. The third-order valence-corrected chi connectivity index (χ3v) is 3.57. The highest BCUT2D eigenvalue weighted by molar-refractivity contribution is 5.24. The molecule has 1 aliphatic heterocycles. The highest BCUT2D eigenvalue weighted by Gasteiger charge is 2.24. The summed E-state index contributed by atoms with van der Waals surface area (Å²) in [6, 6.07) is 7.65. The molecule has 106 valence electrons. The Bertz CT molecular complexity index is 383. The summed E-state index contributed by atoms with van der Waals surface area (Å²) in [5, 5.41) is 19.6. The van der Waals surface area contributed by atoms with E-state index < -0.39 is 6.10 Å². The van der Waals surface area contributed by atoms with Crippen molar-refractivity contribution < 1.29 is 14.9 Å². The number of rotatable bonds is 5. The van der Waals surface area contributed by atoms with Crippen LogP contribution in [0, 0.1) is 0 Å². The van der Waals surface area contributed by atoms with Crippen LogP contribution in [0.4, 0.5) is 0 Å². The normalized spacial score (nSPS) is 22.4. The van der Waals surface area contributed by atoms with Crippen molar-refractivity contribution >= 4 is 0 Å². The maximum Gasteiger partial charge on any atom is 0.0917 e. The van der Waals surface area contributed by atoms with Crippen molar-refractivity contribution in [2.45, 2.75) is 18.7 Å². The molecule has 2 rings (SSSR count). The Morgan fingerprint density at radius 2 is 2.11 bits per heavy atom. The van der Waals surface area contributed by atoms with Gasteiger partial charge in [0.15, 0.2) is 0 Å². The van der Waals surface area contributed by atoms with Crippen LogP contribution in [0.2, 0.25) is 0 Å². The van der Waals surface area contributed by atoms with Crippen LogP contribution in [0.1, 0.15) is 17.2 Å². The number of ether oxygens (including phenoxy) is 1. The summed E-state index contributed by atoms with van der Waals surface area (Å²) in [5.41, 5.74) is 7.48. The van der Waals surface area contributed by atoms with Gasteiger partial charge in [0.05, 0.1) is 32.0 Å². The van der Waals surface area contributed by atoms with Crippen LogP contribution in [-0.4, -0.2) is 54.1 Å². The van der Waals surface area contributed by atoms with Gasteiger partial charge in [-0.1, -0.05) is 24.3 Å². The summed E-state index contributed by atoms with van der Waals surface area (Å²) in [4.78, 5) is 2.07. The molecule has 2 atom stereocenters. The zero-order valence-corrected chi connectivity index (χ0v) is 11.0. The van der Waals surface area contributed by atoms with Gasteiger partial charge in [-0.3, -0.25) is 4.90 Å². The number of benzene rings is 1. The first-order chi connectivity index (χ1) is 9.24. The molecule has 0 aromatic heterocycles. The van der Waals surface area contributed by atoms with E-state index in [-0.39, 0.29) is 12.6 Å². The zero-order chi connectivity index (χ0) is 13.7. The molecule has 0 radical (unpaired) electrons. The summed E-state index contributed by atoms with van der Waals surface area (Å²) >= 11 is 0. The van der Waals surface area contributed by atoms with Gasteiger partial charge >= 0.3 is 0 Å². The minimum Gasteiger partial charge on any atom is -0.395 e. The van der Waals surface area contributed by atoms with Gasteiger partial charge in [0.2, 0.25) is 0 Å². The summed E-state index contributed by atoms with van der Waals surface area (Å²) in [6.07, 6.45) is -0.557. The molecule has 0 amide bonds. The molecule has 5 nitrogen and oxygen atoms in total. The van der Waals surface area contributed by atoms with E-state index in [0.717, 1.165) is 17.7 Å². The number of morpholine rings is 1. The van der Waals surface area contributed by atoms with Gasteiger partial charge in [-0.2, -0.15) is 0 Å². The molecule has 1 aliphatic rings. The third-order valence-electron chi connectivity index (χ3n) is 3.57. The molecule has 19 heavy (non-hydrogen) atoms. The lowest BCUT2D eigenvalue weighted by atomic mass is 10.1. The Hall–Kier alpha value is -0.980. The number of aliphatic hydroxyl groups excluding tert-OH is 2. The highest BCUT2D eigenvalue weighted by Crippen LogP contribution is 2.17. The molecule has 1 heterocycles. The van der Waals surface area contributed by atoms with Crippen molar-refractivity contribution in [3.05, 3.63) is 35.4 Å². The molecule has 1 saturated heterocycles. The van der Waals surface area contributed by atoms with Gasteiger partial charge in [-0.05, 0) is 11.1 Å². The van der Waals surface area contributed by atoms with Crippen molar-refractivity contribution in [2.24, 2.45) is 5.73 Å². The monoisotopic (exact) mass is 266 g/mol. The van der Waals surface area contributed by atoms with Crippen LogP contribution in [0.3, 0.4) is 0 Å². The van der Waals surface area contributed by atoms with Crippen LogP contribution in [0.15, 0.2) is 24.3 Å². The second-order valence-electron chi connectivity index (χ2n) is 4.87. The van der Waals surface area contributed by atoms with Crippen LogP contribution in [-0.2, 0) is 11.3 Å². The summed E-state index contributed by atoms with van der Waals surface area (Å²) < 4.78 is 5.32. The highest BCUT2D eigenvalue weighted by atomic mass is 16.5. The van der Waals surface area contributed by atoms with E-state index in [1.807, 2.05) is 24.3 Å². The van der Waals surface area contributed by atoms with Crippen molar-refractivity contribution in [3.8, 4) is 0 Å². The number of aliphatic hydroxyl groups is 2. The van der Waals surface area contributed by atoms with Crippen molar-refractivity contribution in [1.82, 2.24) is 4.90 Å². The number of hydrogen-bond acceptors (Lipinski definition) is 5. The molecule has 4 N–H and O–H groups in total. The zero-order valence-electron chi connectivity index (χ0n) is 11.0. The van der Waals surface area contributed by atoms with E-state index in [2.05, 4.69) is 4.90 Å². The maximum absolute atomic E-state index is 10.3. The minimum atomic E-state index is -0.557. The first-order valence-corrected chi connectivity index (χ1v) is 6.64. The fraction of sp³-hybridized carbons (Fsp3) is 0.571. The van der Waals surface area contributed by atoms with E-state index in [4.69, 9.17) is 10.5 Å². The fourth-order valence-electron chi connectivity index (χ4n) is 2.30. The van der Waals surface area contributed by atoms with Gasteiger partial charge in [0, 0.05) is 19.6 Å². The summed E-state index contributed by atoms with van der Waals surface area (Å²) in [5.74, 6) is 0. The van der Waals surface area contributed by atoms with Gasteiger partial charge in [0.1, 0.15) is 0 Å². The molecule has 1 aromatic carbocycles. The van der Waals surface area contributed by atoms with E-state index >= 15 is 0 Å². The van der Waals surface area contributed by atoms with Gasteiger partial charge in [-0.25, -0.2) is 0 Å². The van der Waals surface area contributed by atoms with E-state index in [1.165, 1.54) is 0 Å². The first kappa shape index (κ1) is 14.4. The lowest BCUT2D eigenvalue weighted by Crippen LogP contribution is -2.48. The van der Waals surface area contributed by atoms with Crippen LogP contribution in [0.5, 0.6) is 0 Å². The smallest absolute Gasteiger partial charge is 0.0917 e. The molecular weight excluding hydrogens is 244 g/mol. The molecule has 5 heteroatoms. The fourth-order valence-corrected chi connectivity index (χ4v) is 2.30. The Kier molecular flexibility index (Phi) is 5.30. The van der Waals surface area contributed by atoms with Crippen LogP contribution in [0.25, 0.3) is 0 Å². The average Bonchev–Trinajstić information content (AvgIpc) is 2.48. The Balaban J connectivity index is 1.96. The van der Waals surface area contributed by atoms with Crippen LogP contribution >= 0.6 is 0 Å². The van der Waals surface area contributed by atoms with E-state index in [9.17, 15) is 10.2 Å². The Morgan fingerprint density at radius 3 is 2.74 bits per heavy atom. The number of nitrogens with zero attached hydrogens (tertiary/aromatic N) is 1. The van der Waals surface area contributed by atoms with Gasteiger partial charge in [-0.15, -0.1) is 0 Å². The minimum absolute atomic E-state index is 0.0216. The SMILES string of the molecule is NCc1ccc(C(O)CN2CCOCC2CO)cc1. The predicted molar refractivity (Wildman–Crippen MR) is 72.6 cm³/mol. The largest absolute Gasteiger partial charge is 0.395 e. The number of nitrogens with two attached hydrogens (primary N) is 1. The third kappa shape index (κ3) is 3.75. The molecule has 0 bridgehead atoms. The molecule has 0 saturated carbocycles. The molecule has 2 unspecified atom stereocenters. The van der Waals surface area contributed by atoms with Gasteiger partial charge < -0.3 is 20.7 Å².